The summed E-state index contributed by atoms with van der Waals surface area (Å²) < 4.78 is 0. The molecule has 1 aliphatic rings. The molecule has 0 aromatic heterocycles. The van der Waals surface area contributed by atoms with E-state index in [0.717, 1.165) is 19.3 Å². The van der Waals surface area contributed by atoms with Gasteiger partial charge in [-0.15, -0.1) is 0 Å². The van der Waals surface area contributed by atoms with Crippen LogP contribution in [0.4, 0.5) is 0 Å². The molecule has 0 heterocycles. The van der Waals surface area contributed by atoms with Crippen molar-refractivity contribution in [2.24, 2.45) is 5.73 Å². The van der Waals surface area contributed by atoms with Gasteiger partial charge in [0.1, 0.15) is 5.78 Å². The van der Waals surface area contributed by atoms with Gasteiger partial charge in [-0.3, -0.25) is 4.79 Å². The zero-order valence-corrected chi connectivity index (χ0v) is 9.78. The zero-order valence-electron chi connectivity index (χ0n) is 9.78. The van der Waals surface area contributed by atoms with Gasteiger partial charge in [-0.05, 0) is 36.8 Å². The molecule has 2 N–H and O–H groups in total. The van der Waals surface area contributed by atoms with E-state index in [9.17, 15) is 4.79 Å². The number of hydrogen-bond acceptors (Lipinski definition) is 2. The number of ketones is 1. The van der Waals surface area contributed by atoms with Crippen LogP contribution in [0, 0.1) is 0 Å². The second-order valence-electron chi connectivity index (χ2n) is 4.75. The average Bonchev–Trinajstić information content (AvgIpc) is 2.29. The smallest absolute Gasteiger partial charge is 0.133 e. The molecule has 2 unspecified atom stereocenters. The number of carbonyl (C=O) groups excluding carboxylic acids is 1. The number of benzene rings is 1. The molecule has 1 saturated carbocycles. The van der Waals surface area contributed by atoms with Crippen molar-refractivity contribution in [3.05, 3.63) is 35.4 Å². The molecule has 0 amide bonds. The maximum Gasteiger partial charge on any atom is 0.133 e. The number of hydrogen-bond donors (Lipinski definition) is 1. The SMILES string of the molecule is CC(N)c1ccccc1C1CCCC(=O)C1. The molecule has 1 aromatic carbocycles. The van der Waals surface area contributed by atoms with Crippen LogP contribution in [0.15, 0.2) is 24.3 Å². The van der Waals surface area contributed by atoms with Gasteiger partial charge in [0.25, 0.3) is 0 Å². The van der Waals surface area contributed by atoms with Crippen molar-refractivity contribution in [2.45, 2.75) is 44.6 Å². The second kappa shape index (κ2) is 4.79. The Balaban J connectivity index is 2.28. The van der Waals surface area contributed by atoms with Crippen LogP contribution in [0.2, 0.25) is 0 Å². The van der Waals surface area contributed by atoms with Crippen molar-refractivity contribution in [1.29, 1.82) is 0 Å². The quantitative estimate of drug-likeness (QED) is 0.827. The summed E-state index contributed by atoms with van der Waals surface area (Å²) in [5, 5.41) is 0. The molecule has 1 aromatic rings. The predicted molar refractivity (Wildman–Crippen MR) is 65.3 cm³/mol. The van der Waals surface area contributed by atoms with Crippen LogP contribution < -0.4 is 5.73 Å². The molecule has 2 nitrogen and oxygen atoms in total. The summed E-state index contributed by atoms with van der Waals surface area (Å²) in [6, 6.07) is 8.32. The normalized spacial score (nSPS) is 23.1. The molecule has 0 bridgehead atoms. The summed E-state index contributed by atoms with van der Waals surface area (Å²) in [6.45, 7) is 2.00. The summed E-state index contributed by atoms with van der Waals surface area (Å²) in [7, 11) is 0. The third-order valence-electron chi connectivity index (χ3n) is 3.41. The minimum atomic E-state index is 0.0493. The van der Waals surface area contributed by atoms with E-state index >= 15 is 0 Å². The van der Waals surface area contributed by atoms with E-state index in [-0.39, 0.29) is 6.04 Å². The van der Waals surface area contributed by atoms with Gasteiger partial charge < -0.3 is 5.73 Å². The maximum atomic E-state index is 11.5. The lowest BCUT2D eigenvalue weighted by atomic mass is 9.80. The molecular formula is C14H19NO. The van der Waals surface area contributed by atoms with Crippen LogP contribution in [-0.2, 0) is 4.79 Å². The molecule has 2 atom stereocenters. The van der Waals surface area contributed by atoms with Crippen LogP contribution in [0.3, 0.4) is 0 Å². The summed E-state index contributed by atoms with van der Waals surface area (Å²) in [6.07, 6.45) is 3.60. The molecule has 1 aliphatic carbocycles. The van der Waals surface area contributed by atoms with E-state index in [4.69, 9.17) is 5.73 Å². The summed E-state index contributed by atoms with van der Waals surface area (Å²) >= 11 is 0. The van der Waals surface area contributed by atoms with Gasteiger partial charge in [0, 0.05) is 18.9 Å². The lowest BCUT2D eigenvalue weighted by Gasteiger charge is -2.24. The van der Waals surface area contributed by atoms with Gasteiger partial charge in [-0.25, -0.2) is 0 Å². The molecule has 0 saturated heterocycles. The predicted octanol–water partition coefficient (Wildman–Crippen LogP) is 2.93. The first-order valence-corrected chi connectivity index (χ1v) is 6.04. The van der Waals surface area contributed by atoms with Gasteiger partial charge in [0.05, 0.1) is 0 Å². The number of carbonyl (C=O) groups is 1. The third kappa shape index (κ3) is 2.33. The summed E-state index contributed by atoms with van der Waals surface area (Å²) in [5.41, 5.74) is 8.45. The van der Waals surface area contributed by atoms with Crippen molar-refractivity contribution < 1.29 is 4.79 Å². The standard InChI is InChI=1S/C14H19NO/c1-10(15)13-7-2-3-8-14(13)11-5-4-6-12(16)9-11/h2-3,7-8,10-11H,4-6,9,15H2,1H3. The van der Waals surface area contributed by atoms with Crippen molar-refractivity contribution >= 4 is 5.78 Å². The second-order valence-corrected chi connectivity index (χ2v) is 4.75. The molecule has 0 spiro atoms. The fourth-order valence-corrected chi connectivity index (χ4v) is 2.59. The van der Waals surface area contributed by atoms with Gasteiger partial charge in [0.2, 0.25) is 0 Å². The van der Waals surface area contributed by atoms with Crippen molar-refractivity contribution in [2.75, 3.05) is 0 Å². The van der Waals surface area contributed by atoms with E-state index in [1.54, 1.807) is 0 Å². The van der Waals surface area contributed by atoms with Crippen molar-refractivity contribution in [3.8, 4) is 0 Å². The minimum Gasteiger partial charge on any atom is -0.324 e. The fourth-order valence-electron chi connectivity index (χ4n) is 2.59. The van der Waals surface area contributed by atoms with Crippen LogP contribution in [0.5, 0.6) is 0 Å². The maximum absolute atomic E-state index is 11.5. The van der Waals surface area contributed by atoms with Gasteiger partial charge in [-0.2, -0.15) is 0 Å². The Morgan fingerprint density at radius 2 is 2.12 bits per heavy atom. The van der Waals surface area contributed by atoms with Gasteiger partial charge in [-0.1, -0.05) is 24.3 Å². The highest BCUT2D eigenvalue weighted by atomic mass is 16.1. The Bertz CT molecular complexity index is 384. The summed E-state index contributed by atoms with van der Waals surface area (Å²) in [4.78, 5) is 11.5. The Kier molecular flexibility index (Phi) is 3.39. The Labute approximate surface area is 96.8 Å². The number of rotatable bonds is 2. The molecule has 2 rings (SSSR count). The van der Waals surface area contributed by atoms with Gasteiger partial charge >= 0.3 is 0 Å². The molecule has 86 valence electrons. The van der Waals surface area contributed by atoms with E-state index in [2.05, 4.69) is 12.1 Å². The van der Waals surface area contributed by atoms with Crippen molar-refractivity contribution in [1.82, 2.24) is 0 Å². The first-order chi connectivity index (χ1) is 7.68. The summed E-state index contributed by atoms with van der Waals surface area (Å²) in [5.74, 6) is 0.791. The van der Waals surface area contributed by atoms with E-state index in [0.29, 0.717) is 18.1 Å². The molecule has 16 heavy (non-hydrogen) atoms. The molecule has 1 fully saturated rings. The van der Waals surface area contributed by atoms with Crippen LogP contribution in [0.25, 0.3) is 0 Å². The topological polar surface area (TPSA) is 43.1 Å². The lowest BCUT2D eigenvalue weighted by molar-refractivity contribution is -0.120. The average molecular weight is 217 g/mol. The van der Waals surface area contributed by atoms with E-state index in [1.165, 1.54) is 11.1 Å². The zero-order chi connectivity index (χ0) is 11.5. The number of Topliss-reactive ketones (excluding diaryl/α,β-unsaturated/α-hetero) is 1. The lowest BCUT2D eigenvalue weighted by Crippen LogP contribution is -2.17. The minimum absolute atomic E-state index is 0.0493. The van der Waals surface area contributed by atoms with E-state index < -0.39 is 0 Å². The Morgan fingerprint density at radius 3 is 2.81 bits per heavy atom. The van der Waals surface area contributed by atoms with Gasteiger partial charge in [0.15, 0.2) is 0 Å². The molecular weight excluding hydrogens is 198 g/mol. The first kappa shape index (κ1) is 11.3. The van der Waals surface area contributed by atoms with Crippen LogP contribution in [-0.4, -0.2) is 5.78 Å². The first-order valence-electron chi connectivity index (χ1n) is 6.04. The van der Waals surface area contributed by atoms with Crippen LogP contribution >= 0.6 is 0 Å². The van der Waals surface area contributed by atoms with Crippen molar-refractivity contribution in [3.63, 3.8) is 0 Å². The Morgan fingerprint density at radius 1 is 1.38 bits per heavy atom. The monoisotopic (exact) mass is 217 g/mol. The largest absolute Gasteiger partial charge is 0.324 e. The molecule has 2 heteroatoms. The highest BCUT2D eigenvalue weighted by Gasteiger charge is 2.23. The highest BCUT2D eigenvalue weighted by Crippen LogP contribution is 2.34. The Hall–Kier alpha value is -1.15. The fraction of sp³-hybridized carbons (Fsp3) is 0.500. The highest BCUT2D eigenvalue weighted by molar-refractivity contribution is 5.80. The molecule has 0 aliphatic heterocycles. The third-order valence-corrected chi connectivity index (χ3v) is 3.41. The number of nitrogens with two attached hydrogens (primary N) is 1. The van der Waals surface area contributed by atoms with Crippen LogP contribution in [0.1, 0.15) is 55.7 Å². The molecule has 0 radical (unpaired) electrons. The van der Waals surface area contributed by atoms with E-state index in [1.807, 2.05) is 19.1 Å².